The first kappa shape index (κ1) is 18.7. The molecule has 2 heterocycles. The second kappa shape index (κ2) is 8.54. The van der Waals surface area contributed by atoms with E-state index in [-0.39, 0.29) is 5.82 Å². The van der Waals surface area contributed by atoms with Crippen LogP contribution in [0.25, 0.3) is 11.3 Å². The van der Waals surface area contributed by atoms with E-state index < -0.39 is 0 Å². The molecule has 2 N–H and O–H groups in total. The summed E-state index contributed by atoms with van der Waals surface area (Å²) in [4.78, 5) is 2.96. The smallest absolute Gasteiger partial charge is 0.167 e. The number of benzene rings is 2. The van der Waals surface area contributed by atoms with E-state index in [1.54, 1.807) is 19.2 Å². The highest BCUT2D eigenvalue weighted by Gasteiger charge is 2.25. The first-order valence-corrected chi connectivity index (χ1v) is 9.72. The van der Waals surface area contributed by atoms with Gasteiger partial charge in [0.2, 0.25) is 0 Å². The predicted molar refractivity (Wildman–Crippen MR) is 104 cm³/mol. The first-order valence-electron chi connectivity index (χ1n) is 9.72. The molecular weight excluding hydrogens is 357 g/mol. The fourth-order valence-corrected chi connectivity index (χ4v) is 3.86. The van der Waals surface area contributed by atoms with Crippen molar-refractivity contribution in [3.8, 4) is 17.1 Å². The van der Waals surface area contributed by atoms with Gasteiger partial charge in [-0.25, -0.2) is 4.39 Å². The van der Waals surface area contributed by atoms with Gasteiger partial charge in [0, 0.05) is 11.6 Å². The Morgan fingerprint density at radius 3 is 2.39 bits per heavy atom. The lowest BCUT2D eigenvalue weighted by Crippen LogP contribution is -3.27. The van der Waals surface area contributed by atoms with Crippen LogP contribution in [0, 0.1) is 5.82 Å². The van der Waals surface area contributed by atoms with Crippen molar-refractivity contribution >= 4 is 0 Å². The third kappa shape index (κ3) is 4.40. The maximum absolute atomic E-state index is 13.6. The Morgan fingerprint density at radius 1 is 0.964 bits per heavy atom. The SMILES string of the molecule is COc1ccc(F)cc1C[NH+]1CC[NH+](Cc2cc(-c3ccccc3)on2)CC1. The fourth-order valence-electron chi connectivity index (χ4n) is 3.86. The average Bonchev–Trinajstić information content (AvgIpc) is 3.19. The maximum atomic E-state index is 13.6. The van der Waals surface area contributed by atoms with Crippen molar-refractivity contribution in [3.63, 3.8) is 0 Å². The zero-order chi connectivity index (χ0) is 19.3. The standard InChI is InChI=1S/C22H24FN3O2/c1-27-21-8-7-19(23)13-18(21)15-25-9-11-26(12-10-25)16-20-14-22(28-24-20)17-5-3-2-4-6-17/h2-8,13-14H,9-12,15-16H2,1H3/p+2. The van der Waals surface area contributed by atoms with Gasteiger partial charge in [0.25, 0.3) is 0 Å². The molecule has 1 aromatic heterocycles. The molecule has 6 heteroatoms. The molecule has 1 aliphatic heterocycles. The van der Waals surface area contributed by atoms with Gasteiger partial charge in [-0.1, -0.05) is 35.5 Å². The molecule has 0 bridgehead atoms. The lowest BCUT2D eigenvalue weighted by atomic mass is 10.1. The number of nitrogens with one attached hydrogen (secondary N) is 2. The highest BCUT2D eigenvalue weighted by atomic mass is 19.1. The Morgan fingerprint density at radius 2 is 1.68 bits per heavy atom. The maximum Gasteiger partial charge on any atom is 0.167 e. The molecule has 2 aromatic carbocycles. The number of quaternary nitrogens is 2. The minimum Gasteiger partial charge on any atom is -0.496 e. The topological polar surface area (TPSA) is 44.1 Å². The van der Waals surface area contributed by atoms with Crippen molar-refractivity contribution in [2.75, 3.05) is 33.3 Å². The van der Waals surface area contributed by atoms with E-state index in [2.05, 4.69) is 5.16 Å². The van der Waals surface area contributed by atoms with Crippen LogP contribution in [0.2, 0.25) is 0 Å². The molecule has 0 radical (unpaired) electrons. The van der Waals surface area contributed by atoms with Crippen molar-refractivity contribution in [2.24, 2.45) is 0 Å². The summed E-state index contributed by atoms with van der Waals surface area (Å²) < 4.78 is 24.5. The van der Waals surface area contributed by atoms with Crippen LogP contribution in [0.4, 0.5) is 4.39 Å². The van der Waals surface area contributed by atoms with Gasteiger partial charge in [-0.3, -0.25) is 0 Å². The molecule has 0 saturated carbocycles. The summed E-state index contributed by atoms with van der Waals surface area (Å²) in [5.74, 6) is 1.37. The Hall–Kier alpha value is -2.70. The quantitative estimate of drug-likeness (QED) is 0.667. The number of hydrogen-bond acceptors (Lipinski definition) is 3. The minimum atomic E-state index is -0.209. The Kier molecular flexibility index (Phi) is 5.69. The third-order valence-electron chi connectivity index (χ3n) is 5.40. The zero-order valence-corrected chi connectivity index (χ0v) is 16.1. The molecular formula is C22H26FN3O2+2. The molecule has 3 aromatic rings. The summed E-state index contributed by atoms with van der Waals surface area (Å²) in [5, 5.41) is 4.24. The summed E-state index contributed by atoms with van der Waals surface area (Å²) >= 11 is 0. The number of halogens is 1. The molecule has 0 spiro atoms. The van der Waals surface area contributed by atoms with Gasteiger partial charge in [-0.05, 0) is 18.2 Å². The van der Waals surface area contributed by atoms with Crippen LogP contribution < -0.4 is 14.5 Å². The molecule has 146 valence electrons. The third-order valence-corrected chi connectivity index (χ3v) is 5.40. The zero-order valence-electron chi connectivity index (χ0n) is 16.1. The van der Waals surface area contributed by atoms with Gasteiger partial charge >= 0.3 is 0 Å². The van der Waals surface area contributed by atoms with Gasteiger partial charge in [0.1, 0.15) is 56.5 Å². The monoisotopic (exact) mass is 383 g/mol. The molecule has 0 aliphatic carbocycles. The molecule has 5 nitrogen and oxygen atoms in total. The van der Waals surface area contributed by atoms with E-state index in [9.17, 15) is 4.39 Å². The predicted octanol–water partition coefficient (Wildman–Crippen LogP) is 0.973. The molecule has 1 aliphatic rings. The Bertz CT molecular complexity index is 905. The van der Waals surface area contributed by atoms with Crippen LogP contribution in [-0.2, 0) is 13.1 Å². The van der Waals surface area contributed by atoms with E-state index >= 15 is 0 Å². The number of rotatable bonds is 6. The number of methoxy groups -OCH3 is 1. The van der Waals surface area contributed by atoms with Gasteiger partial charge in [-0.15, -0.1) is 0 Å². The lowest BCUT2D eigenvalue weighted by molar-refractivity contribution is -1.02. The molecule has 1 fully saturated rings. The van der Waals surface area contributed by atoms with Gasteiger partial charge in [-0.2, -0.15) is 0 Å². The molecule has 0 unspecified atom stereocenters. The van der Waals surface area contributed by atoms with E-state index in [0.717, 1.165) is 67.6 Å². The van der Waals surface area contributed by atoms with Gasteiger partial charge < -0.3 is 19.1 Å². The van der Waals surface area contributed by atoms with E-state index in [1.165, 1.54) is 15.9 Å². The van der Waals surface area contributed by atoms with Crippen LogP contribution in [0.1, 0.15) is 11.3 Å². The lowest BCUT2D eigenvalue weighted by Gasteiger charge is -2.29. The normalized spacial score (nSPS) is 19.5. The number of aromatic nitrogens is 1. The van der Waals surface area contributed by atoms with Crippen LogP contribution in [0.5, 0.6) is 5.75 Å². The summed E-state index contributed by atoms with van der Waals surface area (Å²) in [7, 11) is 1.63. The molecule has 0 atom stereocenters. The second-order valence-corrected chi connectivity index (χ2v) is 7.36. The number of nitrogens with zero attached hydrogens (tertiary/aromatic N) is 1. The van der Waals surface area contributed by atoms with Crippen LogP contribution >= 0.6 is 0 Å². The number of hydrogen-bond donors (Lipinski definition) is 2. The second-order valence-electron chi connectivity index (χ2n) is 7.36. The molecule has 1 saturated heterocycles. The molecule has 0 amide bonds. The summed E-state index contributed by atoms with van der Waals surface area (Å²) in [6.07, 6.45) is 0. The minimum absolute atomic E-state index is 0.209. The fraction of sp³-hybridized carbons (Fsp3) is 0.318. The first-order chi connectivity index (χ1) is 13.7. The highest BCUT2D eigenvalue weighted by molar-refractivity contribution is 5.56. The summed E-state index contributed by atoms with van der Waals surface area (Å²) in [6, 6.07) is 16.8. The van der Waals surface area contributed by atoms with Crippen molar-refractivity contribution in [3.05, 3.63) is 71.7 Å². The number of piperazine rings is 1. The van der Waals surface area contributed by atoms with Crippen LogP contribution in [-0.4, -0.2) is 38.4 Å². The summed E-state index contributed by atoms with van der Waals surface area (Å²) in [5.41, 5.74) is 2.98. The van der Waals surface area contributed by atoms with Crippen molar-refractivity contribution in [2.45, 2.75) is 13.1 Å². The molecule has 4 rings (SSSR count). The Labute approximate surface area is 164 Å². The van der Waals surface area contributed by atoms with Crippen LogP contribution in [0.3, 0.4) is 0 Å². The largest absolute Gasteiger partial charge is 0.496 e. The van der Waals surface area contributed by atoms with Crippen LogP contribution in [0.15, 0.2) is 59.1 Å². The van der Waals surface area contributed by atoms with Gasteiger partial charge in [0.05, 0.1) is 12.7 Å². The number of ether oxygens (including phenoxy) is 1. The van der Waals surface area contributed by atoms with E-state index in [4.69, 9.17) is 9.26 Å². The van der Waals surface area contributed by atoms with Crippen molar-refractivity contribution in [1.29, 1.82) is 0 Å². The van der Waals surface area contributed by atoms with E-state index in [1.807, 2.05) is 36.4 Å². The highest BCUT2D eigenvalue weighted by Crippen LogP contribution is 2.19. The van der Waals surface area contributed by atoms with Gasteiger partial charge in [0.15, 0.2) is 5.76 Å². The summed E-state index contributed by atoms with van der Waals surface area (Å²) in [6.45, 7) is 5.85. The Balaban J connectivity index is 1.31. The van der Waals surface area contributed by atoms with Crippen molar-refractivity contribution < 1.29 is 23.5 Å². The van der Waals surface area contributed by atoms with Crippen molar-refractivity contribution in [1.82, 2.24) is 5.16 Å². The van der Waals surface area contributed by atoms with E-state index in [0.29, 0.717) is 0 Å². The molecule has 28 heavy (non-hydrogen) atoms. The average molecular weight is 383 g/mol.